The molecule has 0 radical (unpaired) electrons. The Bertz CT molecular complexity index is 1190. The second-order valence-corrected chi connectivity index (χ2v) is 10.8. The zero-order valence-electron chi connectivity index (χ0n) is 20.9. The predicted octanol–water partition coefficient (Wildman–Crippen LogP) is 5.77. The molecule has 3 aromatic rings. The van der Waals surface area contributed by atoms with E-state index >= 15 is 0 Å². The van der Waals surface area contributed by atoms with Crippen molar-refractivity contribution in [1.29, 1.82) is 0 Å². The Labute approximate surface area is 217 Å². The van der Waals surface area contributed by atoms with Gasteiger partial charge in [-0.05, 0) is 66.5 Å². The normalized spacial score (nSPS) is 17.9. The molecule has 1 saturated carbocycles. The van der Waals surface area contributed by atoms with Crippen LogP contribution in [0.4, 0.5) is 0 Å². The zero-order valence-corrected chi connectivity index (χ0v) is 21.7. The van der Waals surface area contributed by atoms with Crippen LogP contribution in [-0.4, -0.2) is 47.4 Å². The highest BCUT2D eigenvalue weighted by Crippen LogP contribution is 2.39. The first kappa shape index (κ1) is 24.6. The molecule has 0 saturated heterocycles. The van der Waals surface area contributed by atoms with Crippen LogP contribution in [0, 0.1) is 6.92 Å². The summed E-state index contributed by atoms with van der Waals surface area (Å²) in [4.78, 5) is 32.5. The fraction of sp³-hybridized carbons (Fsp3) is 0.400. The molecule has 2 aromatic carbocycles. The third-order valence-electron chi connectivity index (χ3n) is 7.52. The number of rotatable bonds is 7. The Morgan fingerprint density at radius 2 is 1.72 bits per heavy atom. The summed E-state index contributed by atoms with van der Waals surface area (Å²) in [5.41, 5.74) is 3.56. The average molecular weight is 503 g/mol. The number of ether oxygens (including phenoxy) is 1. The number of para-hydroxylation sites is 1. The summed E-state index contributed by atoms with van der Waals surface area (Å²) >= 11 is 1.77. The highest BCUT2D eigenvalue weighted by molar-refractivity contribution is 7.10. The second-order valence-electron chi connectivity index (χ2n) is 9.81. The lowest BCUT2D eigenvalue weighted by atomic mass is 9.90. The molecule has 2 amide bonds. The summed E-state index contributed by atoms with van der Waals surface area (Å²) in [5.74, 6) is 0.569. The molecular weight excluding hydrogens is 468 g/mol. The maximum atomic E-state index is 14.0. The van der Waals surface area contributed by atoms with Crippen LogP contribution in [0.1, 0.15) is 59.7 Å². The first-order chi connectivity index (χ1) is 17.6. The van der Waals surface area contributed by atoms with Crippen LogP contribution in [0.3, 0.4) is 0 Å². The summed E-state index contributed by atoms with van der Waals surface area (Å²) < 4.78 is 5.79. The number of hydrogen-bond donors (Lipinski definition) is 0. The van der Waals surface area contributed by atoms with Gasteiger partial charge in [-0.3, -0.25) is 9.59 Å². The maximum Gasteiger partial charge on any atom is 0.261 e. The number of fused-ring (bicyclic) bond motifs is 1. The Balaban J connectivity index is 1.38. The lowest BCUT2D eigenvalue weighted by Crippen LogP contribution is -2.51. The minimum absolute atomic E-state index is 0.0127. The van der Waals surface area contributed by atoms with E-state index in [0.29, 0.717) is 12.3 Å². The van der Waals surface area contributed by atoms with Gasteiger partial charge in [0.2, 0.25) is 5.91 Å². The summed E-state index contributed by atoms with van der Waals surface area (Å²) in [6.07, 6.45) is 6.12. The van der Waals surface area contributed by atoms with Crippen LogP contribution in [0.5, 0.6) is 5.75 Å². The van der Waals surface area contributed by atoms with Crippen molar-refractivity contribution in [1.82, 2.24) is 9.80 Å². The summed E-state index contributed by atoms with van der Waals surface area (Å²) in [5, 5.41) is 2.13. The van der Waals surface area contributed by atoms with Gasteiger partial charge in [-0.15, -0.1) is 11.3 Å². The van der Waals surface area contributed by atoms with E-state index in [0.717, 1.165) is 37.7 Å². The number of hydrogen-bond acceptors (Lipinski definition) is 4. The third-order valence-corrected chi connectivity index (χ3v) is 8.51. The third kappa shape index (κ3) is 5.34. The fourth-order valence-electron chi connectivity index (χ4n) is 5.61. The van der Waals surface area contributed by atoms with E-state index in [9.17, 15) is 9.59 Å². The predicted molar refractivity (Wildman–Crippen MR) is 143 cm³/mol. The Morgan fingerprint density at radius 1 is 0.972 bits per heavy atom. The van der Waals surface area contributed by atoms with Gasteiger partial charge in [0.15, 0.2) is 6.61 Å². The summed E-state index contributed by atoms with van der Waals surface area (Å²) in [7, 11) is 0. The molecule has 2 heterocycles. The minimum atomic E-state index is -0.113. The lowest BCUT2D eigenvalue weighted by Gasteiger charge is -2.40. The van der Waals surface area contributed by atoms with Crippen LogP contribution in [0.2, 0.25) is 0 Å². The fourth-order valence-corrected chi connectivity index (χ4v) is 6.51. The highest BCUT2D eigenvalue weighted by atomic mass is 32.1. The molecule has 0 bridgehead atoms. The van der Waals surface area contributed by atoms with Crippen molar-refractivity contribution < 1.29 is 14.3 Å². The Kier molecular flexibility index (Phi) is 7.71. The van der Waals surface area contributed by atoms with Gasteiger partial charge in [0.25, 0.3) is 5.91 Å². The van der Waals surface area contributed by atoms with Gasteiger partial charge >= 0.3 is 0 Å². The number of carbonyl (C=O) groups is 2. The molecule has 5 rings (SSSR count). The topological polar surface area (TPSA) is 49.9 Å². The van der Waals surface area contributed by atoms with Crippen molar-refractivity contribution in [3.63, 3.8) is 0 Å². The SMILES string of the molecule is Cc1ccccc1C1c2ccsc2CCN1C(=O)CN(C(=O)COc1ccccc1)C1CCCCC1. The van der Waals surface area contributed by atoms with Crippen molar-refractivity contribution in [2.24, 2.45) is 0 Å². The van der Waals surface area contributed by atoms with E-state index in [-0.39, 0.29) is 37.0 Å². The smallest absolute Gasteiger partial charge is 0.261 e. The van der Waals surface area contributed by atoms with Crippen LogP contribution in [0.15, 0.2) is 66.0 Å². The molecule has 5 nitrogen and oxygen atoms in total. The van der Waals surface area contributed by atoms with Crippen molar-refractivity contribution in [3.05, 3.63) is 87.6 Å². The second kappa shape index (κ2) is 11.3. The summed E-state index contributed by atoms with van der Waals surface area (Å²) in [6.45, 7) is 2.82. The maximum absolute atomic E-state index is 14.0. The van der Waals surface area contributed by atoms with Gasteiger partial charge in [-0.2, -0.15) is 0 Å². The quantitative estimate of drug-likeness (QED) is 0.412. The first-order valence-corrected chi connectivity index (χ1v) is 13.9. The molecule has 1 fully saturated rings. The Morgan fingerprint density at radius 3 is 2.50 bits per heavy atom. The molecule has 6 heteroatoms. The Hall–Kier alpha value is -3.12. The van der Waals surface area contributed by atoms with Gasteiger partial charge in [-0.1, -0.05) is 61.7 Å². The van der Waals surface area contributed by atoms with E-state index in [1.165, 1.54) is 22.4 Å². The van der Waals surface area contributed by atoms with E-state index in [1.807, 2.05) is 52.3 Å². The van der Waals surface area contributed by atoms with Gasteiger partial charge in [0.05, 0.1) is 6.04 Å². The van der Waals surface area contributed by atoms with Crippen molar-refractivity contribution in [2.45, 2.75) is 57.5 Å². The van der Waals surface area contributed by atoms with Crippen molar-refractivity contribution >= 4 is 23.2 Å². The van der Waals surface area contributed by atoms with E-state index in [2.05, 4.69) is 30.5 Å². The molecule has 2 aliphatic rings. The molecule has 1 aromatic heterocycles. The first-order valence-electron chi connectivity index (χ1n) is 13.0. The molecule has 1 aliphatic carbocycles. The molecule has 36 heavy (non-hydrogen) atoms. The number of carbonyl (C=O) groups excluding carboxylic acids is 2. The van der Waals surface area contributed by atoms with Crippen molar-refractivity contribution in [2.75, 3.05) is 19.7 Å². The molecule has 1 aliphatic heterocycles. The average Bonchev–Trinajstić information content (AvgIpc) is 3.40. The van der Waals surface area contributed by atoms with Gasteiger partial charge in [0.1, 0.15) is 12.3 Å². The number of benzene rings is 2. The molecule has 0 N–H and O–H groups in total. The molecular formula is C30H34N2O3S. The highest BCUT2D eigenvalue weighted by Gasteiger charge is 2.36. The van der Waals surface area contributed by atoms with E-state index in [4.69, 9.17) is 4.74 Å². The van der Waals surface area contributed by atoms with Crippen LogP contribution in [0.25, 0.3) is 0 Å². The summed E-state index contributed by atoms with van der Waals surface area (Å²) in [6, 6.07) is 19.9. The van der Waals surface area contributed by atoms with Crippen LogP contribution >= 0.6 is 11.3 Å². The molecule has 1 unspecified atom stereocenters. The number of aryl methyl sites for hydroxylation is 1. The molecule has 1 atom stereocenters. The molecule has 0 spiro atoms. The number of nitrogens with zero attached hydrogens (tertiary/aromatic N) is 2. The van der Waals surface area contributed by atoms with Gasteiger partial charge in [0, 0.05) is 17.5 Å². The molecule has 188 valence electrons. The number of thiophene rings is 1. The van der Waals surface area contributed by atoms with E-state index < -0.39 is 0 Å². The van der Waals surface area contributed by atoms with E-state index in [1.54, 1.807) is 11.3 Å². The zero-order chi connectivity index (χ0) is 24.9. The minimum Gasteiger partial charge on any atom is -0.484 e. The standard InChI is InChI=1S/C30H34N2O3S/c1-22-10-8-9-15-25(22)30-26-17-19-36-27(26)16-18-31(30)28(33)20-32(23-11-4-2-5-12-23)29(34)21-35-24-13-6-3-7-14-24/h3,6-10,13-15,17,19,23,30H,2,4-5,11-12,16,18,20-21H2,1H3. The van der Waals surface area contributed by atoms with Crippen molar-refractivity contribution in [3.8, 4) is 5.75 Å². The largest absolute Gasteiger partial charge is 0.484 e. The van der Waals surface area contributed by atoms with Gasteiger partial charge in [-0.25, -0.2) is 0 Å². The lowest BCUT2D eigenvalue weighted by molar-refractivity contribution is -0.145. The monoisotopic (exact) mass is 502 g/mol. The van der Waals surface area contributed by atoms with Crippen LogP contribution in [-0.2, 0) is 16.0 Å². The van der Waals surface area contributed by atoms with Gasteiger partial charge < -0.3 is 14.5 Å². The number of amides is 2. The van der Waals surface area contributed by atoms with Crippen LogP contribution < -0.4 is 4.74 Å².